The van der Waals surface area contributed by atoms with Crippen LogP contribution >= 0.6 is 27.7 Å². The van der Waals surface area contributed by atoms with Crippen molar-refractivity contribution in [2.45, 2.75) is 23.0 Å². The van der Waals surface area contributed by atoms with Crippen molar-refractivity contribution >= 4 is 27.7 Å². The monoisotopic (exact) mass is 309 g/mol. The number of halogens is 1. The molecule has 1 aromatic heterocycles. The maximum atomic E-state index is 5.95. The predicted molar refractivity (Wildman–Crippen MR) is 72.9 cm³/mol. The zero-order valence-electron chi connectivity index (χ0n) is 9.30. The lowest BCUT2D eigenvalue weighted by Gasteiger charge is -2.11. The predicted octanol–water partition coefficient (Wildman–Crippen LogP) is 3.41. The van der Waals surface area contributed by atoms with Crippen LogP contribution in [-0.2, 0) is 0 Å². The molecule has 3 nitrogen and oxygen atoms in total. The van der Waals surface area contributed by atoms with Crippen LogP contribution in [0.3, 0.4) is 0 Å². The van der Waals surface area contributed by atoms with E-state index in [2.05, 4.69) is 25.9 Å². The lowest BCUT2D eigenvalue weighted by atomic mass is 10.1. The molecule has 1 aromatic carbocycles. The Bertz CT molecular complexity index is 502. The molecule has 0 fully saturated rings. The second kappa shape index (κ2) is 5.62. The highest BCUT2D eigenvalue weighted by Crippen LogP contribution is 2.32. The zero-order valence-corrected chi connectivity index (χ0v) is 11.7. The van der Waals surface area contributed by atoms with E-state index in [4.69, 9.17) is 5.73 Å². The minimum Gasteiger partial charge on any atom is -0.324 e. The Morgan fingerprint density at radius 3 is 2.65 bits per heavy atom. The van der Waals surface area contributed by atoms with Gasteiger partial charge in [-0.25, -0.2) is 9.97 Å². The van der Waals surface area contributed by atoms with Crippen molar-refractivity contribution < 1.29 is 0 Å². The van der Waals surface area contributed by atoms with Gasteiger partial charge in [0.25, 0.3) is 0 Å². The molecule has 5 heteroatoms. The Morgan fingerprint density at radius 1 is 1.29 bits per heavy atom. The second-order valence-corrected chi connectivity index (χ2v) is 5.53. The molecule has 1 atom stereocenters. The number of hydrogen-bond donors (Lipinski definition) is 1. The molecule has 0 bridgehead atoms. The Hall–Kier alpha value is -0.910. The molecule has 0 aliphatic heterocycles. The van der Waals surface area contributed by atoms with Gasteiger partial charge in [-0.2, -0.15) is 0 Å². The van der Waals surface area contributed by atoms with Crippen LogP contribution in [0.4, 0.5) is 0 Å². The summed E-state index contributed by atoms with van der Waals surface area (Å²) in [5.74, 6) is 0. The molecule has 2 N–H and O–H groups in total. The molecule has 0 saturated heterocycles. The SMILES string of the molecule is CC(N)c1ccc(Br)cc1Sc1ncccn1. The Kier molecular flexibility index (Phi) is 4.15. The van der Waals surface area contributed by atoms with Crippen molar-refractivity contribution in [1.29, 1.82) is 0 Å². The second-order valence-electron chi connectivity index (χ2n) is 3.60. The fourth-order valence-electron chi connectivity index (χ4n) is 1.41. The van der Waals surface area contributed by atoms with Crippen molar-refractivity contribution in [3.8, 4) is 0 Å². The summed E-state index contributed by atoms with van der Waals surface area (Å²) in [4.78, 5) is 9.48. The van der Waals surface area contributed by atoms with Crippen molar-refractivity contribution in [2.75, 3.05) is 0 Å². The van der Waals surface area contributed by atoms with Crippen LogP contribution in [0.25, 0.3) is 0 Å². The quantitative estimate of drug-likeness (QED) is 0.883. The van der Waals surface area contributed by atoms with E-state index in [0.717, 1.165) is 20.1 Å². The Balaban J connectivity index is 2.34. The summed E-state index contributed by atoms with van der Waals surface area (Å²) in [6.07, 6.45) is 3.47. The largest absolute Gasteiger partial charge is 0.324 e. The van der Waals surface area contributed by atoms with Crippen molar-refractivity contribution in [3.63, 3.8) is 0 Å². The smallest absolute Gasteiger partial charge is 0.192 e. The molecular formula is C12H12BrN3S. The van der Waals surface area contributed by atoms with E-state index in [9.17, 15) is 0 Å². The molecule has 1 unspecified atom stereocenters. The van der Waals surface area contributed by atoms with Gasteiger partial charge in [0.2, 0.25) is 0 Å². The standard InChI is InChI=1S/C12H12BrN3S/c1-8(14)10-4-3-9(13)7-11(10)17-12-15-5-2-6-16-12/h2-8H,14H2,1H3. The highest BCUT2D eigenvalue weighted by Gasteiger charge is 2.10. The Labute approximate surface area is 113 Å². The Morgan fingerprint density at radius 2 is 2.00 bits per heavy atom. The fraction of sp³-hybridized carbons (Fsp3) is 0.167. The van der Waals surface area contributed by atoms with Crippen molar-refractivity contribution in [3.05, 3.63) is 46.7 Å². The van der Waals surface area contributed by atoms with Crippen LogP contribution in [-0.4, -0.2) is 9.97 Å². The lowest BCUT2D eigenvalue weighted by molar-refractivity contribution is 0.796. The molecule has 88 valence electrons. The third kappa shape index (κ3) is 3.28. The lowest BCUT2D eigenvalue weighted by Crippen LogP contribution is -2.06. The van der Waals surface area contributed by atoms with E-state index in [1.807, 2.05) is 25.1 Å². The topological polar surface area (TPSA) is 51.8 Å². The van der Waals surface area contributed by atoms with Crippen LogP contribution in [0.1, 0.15) is 18.5 Å². The third-order valence-corrected chi connectivity index (χ3v) is 3.67. The van der Waals surface area contributed by atoms with Gasteiger partial charge in [-0.3, -0.25) is 0 Å². The molecule has 0 saturated carbocycles. The van der Waals surface area contributed by atoms with E-state index in [0.29, 0.717) is 0 Å². The molecular weight excluding hydrogens is 298 g/mol. The van der Waals surface area contributed by atoms with Crippen LogP contribution in [0.5, 0.6) is 0 Å². The number of rotatable bonds is 3. The van der Waals surface area contributed by atoms with E-state index in [-0.39, 0.29) is 6.04 Å². The maximum Gasteiger partial charge on any atom is 0.192 e. The van der Waals surface area contributed by atoms with Crippen molar-refractivity contribution in [2.24, 2.45) is 5.73 Å². The summed E-state index contributed by atoms with van der Waals surface area (Å²) in [7, 11) is 0. The molecule has 1 heterocycles. The van der Waals surface area contributed by atoms with Gasteiger partial charge in [-0.1, -0.05) is 22.0 Å². The molecule has 0 aliphatic carbocycles. The summed E-state index contributed by atoms with van der Waals surface area (Å²) in [6, 6.07) is 7.86. The van der Waals surface area contributed by atoms with Gasteiger partial charge in [0.15, 0.2) is 5.16 Å². The molecule has 0 radical (unpaired) electrons. The van der Waals surface area contributed by atoms with Gasteiger partial charge in [0, 0.05) is 27.8 Å². The molecule has 0 spiro atoms. The minimum atomic E-state index is -0.00527. The van der Waals surface area contributed by atoms with E-state index in [1.54, 1.807) is 18.5 Å². The summed E-state index contributed by atoms with van der Waals surface area (Å²) in [5.41, 5.74) is 7.05. The number of benzene rings is 1. The molecule has 2 rings (SSSR count). The van der Waals surface area contributed by atoms with Crippen molar-refractivity contribution in [1.82, 2.24) is 9.97 Å². The first kappa shape index (κ1) is 12.5. The fourth-order valence-corrected chi connectivity index (χ4v) is 2.90. The van der Waals surface area contributed by atoms with Gasteiger partial charge in [0.05, 0.1) is 0 Å². The third-order valence-electron chi connectivity index (χ3n) is 2.21. The van der Waals surface area contributed by atoms with Crippen LogP contribution in [0.15, 0.2) is 51.2 Å². The number of hydrogen-bond acceptors (Lipinski definition) is 4. The first-order chi connectivity index (χ1) is 8.16. The summed E-state index contributed by atoms with van der Waals surface area (Å²) < 4.78 is 1.03. The van der Waals surface area contributed by atoms with Crippen LogP contribution in [0.2, 0.25) is 0 Å². The molecule has 17 heavy (non-hydrogen) atoms. The average molecular weight is 310 g/mol. The first-order valence-corrected chi connectivity index (χ1v) is 6.77. The van der Waals surface area contributed by atoms with E-state index < -0.39 is 0 Å². The summed E-state index contributed by atoms with van der Waals surface area (Å²) in [5, 5.41) is 0.729. The summed E-state index contributed by atoms with van der Waals surface area (Å²) in [6.45, 7) is 1.97. The van der Waals surface area contributed by atoms with Gasteiger partial charge >= 0.3 is 0 Å². The average Bonchev–Trinajstić information content (AvgIpc) is 2.30. The van der Waals surface area contributed by atoms with Crippen LogP contribution in [0, 0.1) is 0 Å². The van der Waals surface area contributed by atoms with Gasteiger partial charge in [-0.15, -0.1) is 0 Å². The van der Waals surface area contributed by atoms with Gasteiger partial charge < -0.3 is 5.73 Å². The normalized spacial score (nSPS) is 12.4. The number of aromatic nitrogens is 2. The van der Waals surface area contributed by atoms with Gasteiger partial charge in [0.1, 0.15) is 0 Å². The minimum absolute atomic E-state index is 0.00527. The first-order valence-electron chi connectivity index (χ1n) is 5.16. The molecule has 0 aliphatic rings. The maximum absolute atomic E-state index is 5.95. The highest BCUT2D eigenvalue weighted by molar-refractivity contribution is 9.10. The van der Waals surface area contributed by atoms with E-state index >= 15 is 0 Å². The molecule has 2 aromatic rings. The van der Waals surface area contributed by atoms with Crippen LogP contribution < -0.4 is 5.73 Å². The summed E-state index contributed by atoms with van der Waals surface area (Å²) >= 11 is 4.99. The van der Waals surface area contributed by atoms with E-state index in [1.165, 1.54) is 11.8 Å². The number of nitrogens with zero attached hydrogens (tertiary/aromatic N) is 2. The number of nitrogens with two attached hydrogens (primary N) is 1. The molecule has 0 amide bonds. The zero-order chi connectivity index (χ0) is 12.3. The highest BCUT2D eigenvalue weighted by atomic mass is 79.9. The van der Waals surface area contributed by atoms with Gasteiger partial charge in [-0.05, 0) is 42.4 Å².